The number of methoxy groups -OCH3 is 2. The van der Waals surface area contributed by atoms with E-state index in [9.17, 15) is 14.3 Å². The van der Waals surface area contributed by atoms with Gasteiger partial charge < -0.3 is 29.0 Å². The minimum Gasteiger partial charge on any atom is -0.502 e. The number of hydrogen-bond donors (Lipinski definition) is 1. The number of hydrogen-bond acceptors (Lipinski definition) is 6. The van der Waals surface area contributed by atoms with Gasteiger partial charge in [0.2, 0.25) is 12.5 Å². The Hall–Kier alpha value is -3.94. The Morgan fingerprint density at radius 2 is 1.67 bits per heavy atom. The van der Waals surface area contributed by atoms with Crippen LogP contribution in [0, 0.1) is 5.82 Å². The lowest BCUT2D eigenvalue weighted by Gasteiger charge is -2.38. The van der Waals surface area contributed by atoms with Gasteiger partial charge in [-0.2, -0.15) is 0 Å². The Morgan fingerprint density at radius 3 is 2.30 bits per heavy atom. The zero-order chi connectivity index (χ0) is 23.1. The van der Waals surface area contributed by atoms with Gasteiger partial charge >= 0.3 is 0 Å². The molecule has 1 atom stereocenters. The van der Waals surface area contributed by atoms with Crippen LogP contribution in [0.3, 0.4) is 0 Å². The molecule has 0 aromatic heterocycles. The van der Waals surface area contributed by atoms with Gasteiger partial charge in [-0.15, -0.1) is 0 Å². The van der Waals surface area contributed by atoms with Crippen molar-refractivity contribution in [2.24, 2.45) is 0 Å². The standard InChI is InChI=1S/C25H22FNO6/c1-30-21-10-16(11-22(31-2)24(21)28)23-18-12-20-19(32-13-33-20)9-15(18)7-8-27(23)25(29)14-3-5-17(26)6-4-14/h3-6,9-12,23,28H,7-8,13H2,1-2H3. The molecule has 33 heavy (non-hydrogen) atoms. The van der Waals surface area contributed by atoms with Gasteiger partial charge in [-0.3, -0.25) is 4.79 Å². The van der Waals surface area contributed by atoms with Crippen LogP contribution in [0.4, 0.5) is 4.39 Å². The number of carbonyl (C=O) groups is 1. The highest BCUT2D eigenvalue weighted by Crippen LogP contribution is 2.46. The van der Waals surface area contributed by atoms with Crippen LogP contribution in [0.15, 0.2) is 48.5 Å². The van der Waals surface area contributed by atoms with Gasteiger partial charge in [0.05, 0.1) is 20.3 Å². The molecule has 8 heteroatoms. The normalized spacial score (nSPS) is 16.3. The highest BCUT2D eigenvalue weighted by Gasteiger charge is 2.35. The molecule has 2 aliphatic heterocycles. The zero-order valence-corrected chi connectivity index (χ0v) is 18.1. The van der Waals surface area contributed by atoms with E-state index in [0.29, 0.717) is 35.6 Å². The average molecular weight is 451 g/mol. The topological polar surface area (TPSA) is 77.5 Å². The molecule has 1 unspecified atom stereocenters. The Morgan fingerprint density at radius 1 is 1.03 bits per heavy atom. The number of amides is 1. The van der Waals surface area contributed by atoms with Crippen LogP contribution >= 0.6 is 0 Å². The molecular weight excluding hydrogens is 429 g/mol. The summed E-state index contributed by atoms with van der Waals surface area (Å²) in [7, 11) is 2.90. The maximum atomic E-state index is 13.5. The van der Waals surface area contributed by atoms with Crippen molar-refractivity contribution in [2.45, 2.75) is 12.5 Å². The molecule has 1 N–H and O–H groups in total. The Balaban J connectivity index is 1.67. The number of halogens is 1. The average Bonchev–Trinajstić information content (AvgIpc) is 3.29. The lowest BCUT2D eigenvalue weighted by atomic mass is 9.87. The lowest BCUT2D eigenvalue weighted by molar-refractivity contribution is 0.0694. The fourth-order valence-corrected chi connectivity index (χ4v) is 4.42. The quantitative estimate of drug-likeness (QED) is 0.645. The van der Waals surface area contributed by atoms with E-state index in [1.165, 1.54) is 38.5 Å². The van der Waals surface area contributed by atoms with Crippen molar-refractivity contribution in [1.29, 1.82) is 0 Å². The number of phenolic OH excluding ortho intramolecular Hbond substituents is 1. The summed E-state index contributed by atoms with van der Waals surface area (Å²) in [5.41, 5.74) is 2.97. The summed E-state index contributed by atoms with van der Waals surface area (Å²) in [5, 5.41) is 10.4. The molecule has 5 rings (SSSR count). The van der Waals surface area contributed by atoms with Crippen LogP contribution in [0.5, 0.6) is 28.7 Å². The molecule has 7 nitrogen and oxygen atoms in total. The first-order chi connectivity index (χ1) is 16.0. The smallest absolute Gasteiger partial charge is 0.254 e. The molecule has 0 spiro atoms. The lowest BCUT2D eigenvalue weighted by Crippen LogP contribution is -2.40. The van der Waals surface area contributed by atoms with Crippen LogP contribution in [0.25, 0.3) is 0 Å². The third-order valence-corrected chi connectivity index (χ3v) is 6.03. The van der Waals surface area contributed by atoms with Crippen molar-refractivity contribution >= 4 is 5.91 Å². The first kappa shape index (κ1) is 20.9. The molecule has 0 fully saturated rings. The van der Waals surface area contributed by atoms with Crippen LogP contribution in [-0.4, -0.2) is 43.5 Å². The molecule has 0 aliphatic carbocycles. The second kappa shape index (κ2) is 8.20. The highest BCUT2D eigenvalue weighted by molar-refractivity contribution is 5.95. The second-order valence-electron chi connectivity index (χ2n) is 7.84. The van der Waals surface area contributed by atoms with E-state index in [4.69, 9.17) is 18.9 Å². The largest absolute Gasteiger partial charge is 0.502 e. The van der Waals surface area contributed by atoms with Gasteiger partial charge in [0.25, 0.3) is 5.91 Å². The number of phenols is 1. The first-order valence-electron chi connectivity index (χ1n) is 10.4. The molecule has 0 radical (unpaired) electrons. The number of nitrogens with zero attached hydrogens (tertiary/aromatic N) is 1. The van der Waals surface area contributed by atoms with Gasteiger partial charge in [0.1, 0.15) is 5.82 Å². The fraction of sp³-hybridized carbons (Fsp3) is 0.240. The monoisotopic (exact) mass is 451 g/mol. The number of fused-ring (bicyclic) bond motifs is 2. The predicted molar refractivity (Wildman–Crippen MR) is 117 cm³/mol. The van der Waals surface area contributed by atoms with E-state index in [0.717, 1.165) is 11.1 Å². The number of carbonyl (C=O) groups excluding carboxylic acids is 1. The molecule has 0 bridgehead atoms. The van der Waals surface area contributed by atoms with Crippen molar-refractivity contribution in [3.05, 3.63) is 76.6 Å². The summed E-state index contributed by atoms with van der Waals surface area (Å²) in [6.07, 6.45) is 0.613. The van der Waals surface area contributed by atoms with Gasteiger partial charge in [-0.1, -0.05) is 0 Å². The van der Waals surface area contributed by atoms with Gasteiger partial charge in [0.15, 0.2) is 23.0 Å². The van der Waals surface area contributed by atoms with E-state index in [2.05, 4.69) is 0 Å². The van der Waals surface area contributed by atoms with E-state index < -0.39 is 11.9 Å². The zero-order valence-electron chi connectivity index (χ0n) is 18.1. The minimum absolute atomic E-state index is 0.123. The number of ether oxygens (including phenoxy) is 4. The molecule has 3 aromatic rings. The summed E-state index contributed by atoms with van der Waals surface area (Å²) >= 11 is 0. The van der Waals surface area contributed by atoms with Crippen LogP contribution in [-0.2, 0) is 6.42 Å². The van der Waals surface area contributed by atoms with Crippen LogP contribution in [0.2, 0.25) is 0 Å². The first-order valence-corrected chi connectivity index (χ1v) is 10.4. The SMILES string of the molecule is COc1cc(C2c3cc4c(cc3CCN2C(=O)c2ccc(F)cc2)OCO4)cc(OC)c1O. The molecular formula is C25H22FNO6. The van der Waals surface area contributed by atoms with Crippen molar-refractivity contribution < 1.29 is 33.2 Å². The molecule has 170 valence electrons. The Labute approximate surface area is 189 Å². The summed E-state index contributed by atoms with van der Waals surface area (Å²) < 4.78 is 35.3. The third-order valence-electron chi connectivity index (χ3n) is 6.03. The maximum Gasteiger partial charge on any atom is 0.254 e. The minimum atomic E-state index is -0.524. The summed E-state index contributed by atoms with van der Waals surface area (Å²) in [6.45, 7) is 0.570. The highest BCUT2D eigenvalue weighted by atomic mass is 19.1. The van der Waals surface area contributed by atoms with Crippen molar-refractivity contribution in [3.63, 3.8) is 0 Å². The molecule has 2 heterocycles. The fourth-order valence-electron chi connectivity index (χ4n) is 4.42. The van der Waals surface area contributed by atoms with Crippen LogP contribution in [0.1, 0.15) is 33.1 Å². The third kappa shape index (κ3) is 3.57. The second-order valence-corrected chi connectivity index (χ2v) is 7.84. The van der Waals surface area contributed by atoms with Crippen molar-refractivity contribution in [1.82, 2.24) is 4.90 Å². The van der Waals surface area contributed by atoms with Gasteiger partial charge in [-0.25, -0.2) is 4.39 Å². The predicted octanol–water partition coefficient (Wildman–Crippen LogP) is 4.07. The summed E-state index contributed by atoms with van der Waals surface area (Å²) in [6, 6.07) is 12.2. The van der Waals surface area contributed by atoms with Gasteiger partial charge in [0, 0.05) is 12.1 Å². The number of aromatic hydroxyl groups is 1. The number of benzene rings is 3. The van der Waals surface area contributed by atoms with Crippen molar-refractivity contribution in [3.8, 4) is 28.7 Å². The molecule has 0 saturated heterocycles. The van der Waals surface area contributed by atoms with Crippen LogP contribution < -0.4 is 18.9 Å². The molecule has 1 amide bonds. The van der Waals surface area contributed by atoms with Gasteiger partial charge in [-0.05, 0) is 71.6 Å². The summed E-state index contributed by atoms with van der Waals surface area (Å²) in [4.78, 5) is 15.3. The number of rotatable bonds is 4. The van der Waals surface area contributed by atoms with E-state index in [-0.39, 0.29) is 29.9 Å². The van der Waals surface area contributed by atoms with E-state index in [1.54, 1.807) is 17.0 Å². The van der Waals surface area contributed by atoms with Crippen molar-refractivity contribution in [2.75, 3.05) is 27.6 Å². The van der Waals surface area contributed by atoms with E-state index >= 15 is 0 Å². The maximum absolute atomic E-state index is 13.5. The Bertz CT molecular complexity index is 1200. The van der Waals surface area contributed by atoms with E-state index in [1.807, 2.05) is 12.1 Å². The molecule has 0 saturated carbocycles. The summed E-state index contributed by atoms with van der Waals surface area (Å²) in [5.74, 6) is 0.959. The molecule has 3 aromatic carbocycles. The molecule has 2 aliphatic rings. The Kier molecular flexibility index (Phi) is 5.20.